The van der Waals surface area contributed by atoms with Crippen LogP contribution in [0.3, 0.4) is 0 Å². The fourth-order valence-electron chi connectivity index (χ4n) is 6.33. The zero-order valence-corrected chi connectivity index (χ0v) is 30.7. The van der Waals surface area contributed by atoms with E-state index in [2.05, 4.69) is 19.2 Å². The van der Waals surface area contributed by atoms with E-state index in [1.807, 2.05) is 6.08 Å². The van der Waals surface area contributed by atoms with Crippen molar-refractivity contribution in [3.63, 3.8) is 0 Å². The van der Waals surface area contributed by atoms with Gasteiger partial charge in [-0.3, -0.25) is 4.79 Å². The Morgan fingerprint density at radius 3 is 1.62 bits per heavy atom. The summed E-state index contributed by atoms with van der Waals surface area (Å²) in [5, 5.41) is 53.6. The fraction of sp³-hybridized carbons (Fsp3) is 0.923. The molecule has 1 fully saturated rings. The average Bonchev–Trinajstić information content (AvgIpc) is 3.08. The van der Waals surface area contributed by atoms with Crippen LogP contribution in [-0.4, -0.2) is 87.5 Å². The molecule has 7 unspecified atom stereocenters. The van der Waals surface area contributed by atoms with Gasteiger partial charge in [-0.2, -0.15) is 0 Å². The summed E-state index contributed by atoms with van der Waals surface area (Å²) in [4.78, 5) is 12.8. The Morgan fingerprint density at radius 2 is 1.15 bits per heavy atom. The molecule has 9 nitrogen and oxygen atoms in total. The molecule has 0 aromatic carbocycles. The van der Waals surface area contributed by atoms with Crippen LogP contribution in [0.5, 0.6) is 0 Å². The molecule has 7 atom stereocenters. The molecule has 0 radical (unpaired) electrons. The number of hydrogen-bond acceptors (Lipinski definition) is 8. The standard InChI is InChI=1S/C39H75NO8/c1-3-5-7-9-11-12-13-14-15-16-17-18-19-20-21-22-23-25-27-29-35(43)40-32(33(42)28-26-24-10-8-6-4-2)31-47-39-38(46)37(45)36(44)34(30-41)48-39/h26,28,32-34,36-39,41-42,44-46H,3-25,27,29-31H2,1-2H3,(H,40,43)/b28-26+. The van der Waals surface area contributed by atoms with Gasteiger partial charge >= 0.3 is 0 Å². The molecule has 284 valence electrons. The molecule has 9 heteroatoms. The summed E-state index contributed by atoms with van der Waals surface area (Å²) in [6, 6.07) is -0.794. The first-order valence-electron chi connectivity index (χ1n) is 19.9. The van der Waals surface area contributed by atoms with Gasteiger partial charge in [0.15, 0.2) is 6.29 Å². The van der Waals surface area contributed by atoms with Gasteiger partial charge < -0.3 is 40.3 Å². The largest absolute Gasteiger partial charge is 0.394 e. The van der Waals surface area contributed by atoms with E-state index in [-0.39, 0.29) is 12.5 Å². The second-order valence-corrected chi connectivity index (χ2v) is 14.1. The zero-order chi connectivity index (χ0) is 35.2. The summed E-state index contributed by atoms with van der Waals surface area (Å²) in [5.74, 6) is -0.181. The second kappa shape index (κ2) is 30.7. The number of rotatable bonds is 32. The Balaban J connectivity index is 2.26. The number of ether oxygens (including phenoxy) is 2. The van der Waals surface area contributed by atoms with Crippen LogP contribution in [0, 0.1) is 0 Å². The molecule has 6 N–H and O–H groups in total. The first-order chi connectivity index (χ1) is 23.3. The van der Waals surface area contributed by atoms with Crippen LogP contribution in [0.2, 0.25) is 0 Å². The van der Waals surface area contributed by atoms with E-state index < -0.39 is 49.5 Å². The number of carbonyl (C=O) groups excluding carboxylic acids is 1. The number of aliphatic hydroxyl groups is 5. The Labute approximate surface area is 293 Å². The Morgan fingerprint density at radius 1 is 0.688 bits per heavy atom. The van der Waals surface area contributed by atoms with Crippen LogP contribution < -0.4 is 5.32 Å². The number of unbranched alkanes of at least 4 members (excludes halogenated alkanes) is 22. The third-order valence-corrected chi connectivity index (χ3v) is 9.61. The number of carbonyl (C=O) groups is 1. The lowest BCUT2D eigenvalue weighted by Gasteiger charge is -2.40. The van der Waals surface area contributed by atoms with Crippen molar-refractivity contribution in [2.75, 3.05) is 13.2 Å². The molecule has 0 spiro atoms. The van der Waals surface area contributed by atoms with E-state index in [4.69, 9.17) is 9.47 Å². The van der Waals surface area contributed by atoms with Gasteiger partial charge in [-0.1, -0.05) is 161 Å². The van der Waals surface area contributed by atoms with Crippen LogP contribution in [-0.2, 0) is 14.3 Å². The van der Waals surface area contributed by atoms with Gasteiger partial charge in [0.2, 0.25) is 5.91 Å². The second-order valence-electron chi connectivity index (χ2n) is 14.1. The lowest BCUT2D eigenvalue weighted by Crippen LogP contribution is -2.60. The van der Waals surface area contributed by atoms with Gasteiger partial charge in [-0.25, -0.2) is 0 Å². The Bertz CT molecular complexity index is 766. The predicted molar refractivity (Wildman–Crippen MR) is 194 cm³/mol. The molecule has 1 heterocycles. The third-order valence-electron chi connectivity index (χ3n) is 9.61. The zero-order valence-electron chi connectivity index (χ0n) is 30.7. The summed E-state index contributed by atoms with van der Waals surface area (Å²) >= 11 is 0. The van der Waals surface area contributed by atoms with Gasteiger partial charge in [-0.05, 0) is 19.3 Å². The summed E-state index contributed by atoms with van der Waals surface area (Å²) in [6.45, 7) is 3.68. The first kappa shape index (κ1) is 45.0. The third kappa shape index (κ3) is 21.9. The molecule has 0 saturated carbocycles. The summed E-state index contributed by atoms with van der Waals surface area (Å²) < 4.78 is 11.1. The average molecular weight is 686 g/mol. The SMILES string of the molecule is CCCCCC/C=C/C(O)C(COC1OC(CO)C(O)C(O)C1O)NC(=O)CCCCCCCCCCCCCCCCCCCCC. The van der Waals surface area contributed by atoms with Crippen LogP contribution in [0.1, 0.15) is 174 Å². The molecule has 1 aliphatic heterocycles. The van der Waals surface area contributed by atoms with Gasteiger partial charge in [0, 0.05) is 6.42 Å². The van der Waals surface area contributed by atoms with Gasteiger partial charge in [-0.15, -0.1) is 0 Å². The molecule has 0 aromatic heterocycles. The van der Waals surface area contributed by atoms with Crippen molar-refractivity contribution in [3.8, 4) is 0 Å². The highest BCUT2D eigenvalue weighted by Crippen LogP contribution is 2.22. The monoisotopic (exact) mass is 686 g/mol. The van der Waals surface area contributed by atoms with Crippen molar-refractivity contribution in [3.05, 3.63) is 12.2 Å². The smallest absolute Gasteiger partial charge is 0.220 e. The highest BCUT2D eigenvalue weighted by atomic mass is 16.7. The number of nitrogens with one attached hydrogen (secondary N) is 1. The normalized spacial score (nSPS) is 22.7. The first-order valence-corrected chi connectivity index (χ1v) is 19.9. The van der Waals surface area contributed by atoms with Crippen molar-refractivity contribution in [2.24, 2.45) is 0 Å². The molecule has 48 heavy (non-hydrogen) atoms. The Kier molecular flexibility index (Phi) is 28.8. The van der Waals surface area contributed by atoms with Crippen LogP contribution in [0.15, 0.2) is 12.2 Å². The maximum atomic E-state index is 12.8. The number of aliphatic hydroxyl groups excluding tert-OH is 5. The topological polar surface area (TPSA) is 149 Å². The van der Waals surface area contributed by atoms with Gasteiger partial charge in [0.05, 0.1) is 25.4 Å². The molecule has 1 amide bonds. The lowest BCUT2D eigenvalue weighted by molar-refractivity contribution is -0.302. The predicted octanol–water partition coefficient (Wildman–Crippen LogP) is 7.00. The van der Waals surface area contributed by atoms with E-state index in [0.717, 1.165) is 44.9 Å². The maximum absolute atomic E-state index is 12.8. The fourth-order valence-corrected chi connectivity index (χ4v) is 6.33. The minimum atomic E-state index is -1.56. The quantitative estimate of drug-likeness (QED) is 0.0328. The number of hydrogen-bond donors (Lipinski definition) is 6. The highest BCUT2D eigenvalue weighted by Gasteiger charge is 2.44. The molecule has 0 aromatic rings. The molecular formula is C39H75NO8. The van der Waals surface area contributed by atoms with Gasteiger partial charge in [0.25, 0.3) is 0 Å². The molecule has 1 saturated heterocycles. The minimum absolute atomic E-state index is 0.181. The van der Waals surface area contributed by atoms with Crippen molar-refractivity contribution < 1.29 is 39.8 Å². The molecule has 0 aliphatic carbocycles. The van der Waals surface area contributed by atoms with E-state index in [0.29, 0.717) is 6.42 Å². The molecule has 1 rings (SSSR count). The van der Waals surface area contributed by atoms with Gasteiger partial charge in [0.1, 0.15) is 24.4 Å². The van der Waals surface area contributed by atoms with E-state index in [9.17, 15) is 30.3 Å². The molecular weight excluding hydrogens is 610 g/mol. The summed E-state index contributed by atoms with van der Waals surface area (Å²) in [6.07, 6.45) is 25.8. The maximum Gasteiger partial charge on any atom is 0.220 e. The van der Waals surface area contributed by atoms with Crippen molar-refractivity contribution in [1.82, 2.24) is 5.32 Å². The van der Waals surface area contributed by atoms with E-state index >= 15 is 0 Å². The highest BCUT2D eigenvalue weighted by molar-refractivity contribution is 5.76. The summed E-state index contributed by atoms with van der Waals surface area (Å²) in [5.41, 5.74) is 0. The van der Waals surface area contributed by atoms with Crippen LogP contribution in [0.4, 0.5) is 0 Å². The van der Waals surface area contributed by atoms with Crippen molar-refractivity contribution in [2.45, 2.75) is 217 Å². The lowest BCUT2D eigenvalue weighted by atomic mass is 9.99. The van der Waals surface area contributed by atoms with Crippen LogP contribution >= 0.6 is 0 Å². The van der Waals surface area contributed by atoms with Crippen molar-refractivity contribution >= 4 is 5.91 Å². The minimum Gasteiger partial charge on any atom is -0.394 e. The van der Waals surface area contributed by atoms with Crippen LogP contribution in [0.25, 0.3) is 0 Å². The molecule has 0 bridgehead atoms. The van der Waals surface area contributed by atoms with E-state index in [1.54, 1.807) is 6.08 Å². The Hall–Kier alpha value is -1.07. The number of amides is 1. The van der Waals surface area contributed by atoms with Crippen molar-refractivity contribution in [1.29, 1.82) is 0 Å². The van der Waals surface area contributed by atoms with E-state index in [1.165, 1.54) is 109 Å². The summed E-state index contributed by atoms with van der Waals surface area (Å²) in [7, 11) is 0. The number of allylic oxidation sites excluding steroid dienone is 1. The molecule has 1 aliphatic rings.